The minimum atomic E-state index is -0.334. The SMILES string of the molecule is CCCN1C[C@H](NC(=O)Nc2cccc3nn(C)nc23)CC1=O. The molecule has 1 aliphatic rings. The van der Waals surface area contributed by atoms with E-state index in [1.807, 2.05) is 19.1 Å². The van der Waals surface area contributed by atoms with Gasteiger partial charge in [0.15, 0.2) is 0 Å². The highest BCUT2D eigenvalue weighted by atomic mass is 16.2. The first kappa shape index (κ1) is 15.3. The van der Waals surface area contributed by atoms with E-state index in [-0.39, 0.29) is 18.0 Å². The largest absolute Gasteiger partial charge is 0.341 e. The molecule has 0 aliphatic carbocycles. The molecule has 23 heavy (non-hydrogen) atoms. The van der Waals surface area contributed by atoms with Gasteiger partial charge in [0.2, 0.25) is 5.91 Å². The van der Waals surface area contributed by atoms with Gasteiger partial charge in [-0.15, -0.1) is 0 Å². The molecule has 0 saturated carbocycles. The van der Waals surface area contributed by atoms with Gasteiger partial charge in [-0.1, -0.05) is 13.0 Å². The van der Waals surface area contributed by atoms with Crippen molar-refractivity contribution in [1.29, 1.82) is 0 Å². The Kier molecular flexibility index (Phi) is 4.14. The Balaban J connectivity index is 1.64. The normalized spacial score (nSPS) is 17.7. The van der Waals surface area contributed by atoms with E-state index in [1.54, 1.807) is 18.0 Å². The van der Waals surface area contributed by atoms with E-state index in [0.29, 0.717) is 24.2 Å². The van der Waals surface area contributed by atoms with Crippen molar-refractivity contribution >= 4 is 28.7 Å². The standard InChI is InChI=1S/C15H20N6O2/c1-3-7-21-9-10(8-13(21)22)16-15(23)17-11-5-4-6-12-14(11)19-20(2)18-12/h4-6,10H,3,7-9H2,1-2H3,(H2,16,17,23)/t10-/m1/s1. The Labute approximate surface area is 133 Å². The predicted molar refractivity (Wildman–Crippen MR) is 85.9 cm³/mol. The van der Waals surface area contributed by atoms with Crippen LogP contribution in [-0.4, -0.2) is 51.0 Å². The van der Waals surface area contributed by atoms with E-state index in [2.05, 4.69) is 20.8 Å². The van der Waals surface area contributed by atoms with Gasteiger partial charge in [0.1, 0.15) is 11.0 Å². The zero-order valence-electron chi connectivity index (χ0n) is 13.2. The van der Waals surface area contributed by atoms with Crippen LogP contribution in [0.5, 0.6) is 0 Å². The molecule has 2 heterocycles. The average molecular weight is 316 g/mol. The number of rotatable bonds is 4. The van der Waals surface area contributed by atoms with Crippen LogP contribution < -0.4 is 10.6 Å². The molecule has 8 nitrogen and oxygen atoms in total. The molecule has 122 valence electrons. The predicted octanol–water partition coefficient (Wildman–Crippen LogP) is 1.10. The highest BCUT2D eigenvalue weighted by Gasteiger charge is 2.29. The third-order valence-corrected chi connectivity index (χ3v) is 3.80. The molecule has 2 aromatic rings. The first-order chi connectivity index (χ1) is 11.1. The second-order valence-corrected chi connectivity index (χ2v) is 5.70. The maximum absolute atomic E-state index is 12.2. The topological polar surface area (TPSA) is 92.2 Å². The van der Waals surface area contributed by atoms with E-state index in [4.69, 9.17) is 0 Å². The van der Waals surface area contributed by atoms with Crippen LogP contribution in [0.3, 0.4) is 0 Å². The summed E-state index contributed by atoms with van der Waals surface area (Å²) >= 11 is 0. The third-order valence-electron chi connectivity index (χ3n) is 3.80. The number of aromatic nitrogens is 3. The molecule has 1 aromatic heterocycles. The number of nitrogens with zero attached hydrogens (tertiary/aromatic N) is 4. The van der Waals surface area contributed by atoms with Crippen LogP contribution in [0.2, 0.25) is 0 Å². The fourth-order valence-electron chi connectivity index (χ4n) is 2.84. The number of carbonyl (C=O) groups excluding carboxylic acids is 2. The number of fused-ring (bicyclic) bond motifs is 1. The minimum absolute atomic E-state index is 0.0909. The van der Waals surface area contributed by atoms with Gasteiger partial charge >= 0.3 is 6.03 Å². The quantitative estimate of drug-likeness (QED) is 0.883. The van der Waals surface area contributed by atoms with Crippen LogP contribution in [-0.2, 0) is 11.8 Å². The molecular weight excluding hydrogens is 296 g/mol. The van der Waals surface area contributed by atoms with Crippen molar-refractivity contribution in [3.63, 3.8) is 0 Å². The van der Waals surface area contributed by atoms with E-state index in [9.17, 15) is 9.59 Å². The van der Waals surface area contributed by atoms with Crippen molar-refractivity contribution in [3.05, 3.63) is 18.2 Å². The zero-order chi connectivity index (χ0) is 16.4. The van der Waals surface area contributed by atoms with Crippen molar-refractivity contribution < 1.29 is 9.59 Å². The van der Waals surface area contributed by atoms with Crippen LogP contribution in [0.4, 0.5) is 10.5 Å². The second-order valence-electron chi connectivity index (χ2n) is 5.70. The summed E-state index contributed by atoms with van der Waals surface area (Å²) < 4.78 is 0. The molecule has 0 unspecified atom stereocenters. The summed E-state index contributed by atoms with van der Waals surface area (Å²) in [6.07, 6.45) is 1.27. The van der Waals surface area contributed by atoms with Gasteiger partial charge < -0.3 is 15.5 Å². The second kappa shape index (κ2) is 6.23. The number of anilines is 1. The number of nitrogens with one attached hydrogen (secondary N) is 2. The lowest BCUT2D eigenvalue weighted by molar-refractivity contribution is -0.127. The summed E-state index contributed by atoms with van der Waals surface area (Å²) in [5.41, 5.74) is 1.96. The molecule has 0 spiro atoms. The molecule has 3 amide bonds. The molecule has 3 rings (SSSR count). The number of aryl methyl sites for hydroxylation is 1. The first-order valence-electron chi connectivity index (χ1n) is 7.72. The summed E-state index contributed by atoms with van der Waals surface area (Å²) in [6.45, 7) is 3.33. The summed E-state index contributed by atoms with van der Waals surface area (Å²) in [7, 11) is 1.73. The number of likely N-dealkylation sites (tertiary alicyclic amines) is 1. The highest BCUT2D eigenvalue weighted by Crippen LogP contribution is 2.19. The maximum Gasteiger partial charge on any atom is 0.319 e. The number of urea groups is 1. The van der Waals surface area contributed by atoms with Gasteiger partial charge in [0.05, 0.1) is 11.7 Å². The maximum atomic E-state index is 12.2. The van der Waals surface area contributed by atoms with Crippen molar-refractivity contribution in [3.8, 4) is 0 Å². The van der Waals surface area contributed by atoms with Crippen LogP contribution in [0.15, 0.2) is 18.2 Å². The van der Waals surface area contributed by atoms with Crippen LogP contribution in [0.1, 0.15) is 19.8 Å². The molecule has 1 saturated heterocycles. The van der Waals surface area contributed by atoms with E-state index >= 15 is 0 Å². The van der Waals surface area contributed by atoms with E-state index in [0.717, 1.165) is 18.5 Å². The lowest BCUT2D eigenvalue weighted by atomic mass is 10.2. The van der Waals surface area contributed by atoms with Crippen molar-refractivity contribution in [2.24, 2.45) is 7.05 Å². The number of hydrogen-bond donors (Lipinski definition) is 2. The van der Waals surface area contributed by atoms with Crippen molar-refractivity contribution in [2.45, 2.75) is 25.8 Å². The number of hydrogen-bond acceptors (Lipinski definition) is 4. The van der Waals surface area contributed by atoms with Crippen molar-refractivity contribution in [1.82, 2.24) is 25.2 Å². The fraction of sp³-hybridized carbons (Fsp3) is 0.467. The summed E-state index contributed by atoms with van der Waals surface area (Å²) in [4.78, 5) is 27.3. The number of amides is 3. The molecule has 1 atom stereocenters. The van der Waals surface area contributed by atoms with Crippen LogP contribution >= 0.6 is 0 Å². The Morgan fingerprint density at radius 2 is 2.22 bits per heavy atom. The minimum Gasteiger partial charge on any atom is -0.341 e. The van der Waals surface area contributed by atoms with E-state index in [1.165, 1.54) is 4.80 Å². The average Bonchev–Trinajstić information content (AvgIpc) is 3.02. The van der Waals surface area contributed by atoms with Gasteiger partial charge in [-0.2, -0.15) is 15.0 Å². The smallest absolute Gasteiger partial charge is 0.319 e. The molecule has 0 radical (unpaired) electrons. The molecule has 1 fully saturated rings. The molecule has 0 bridgehead atoms. The summed E-state index contributed by atoms with van der Waals surface area (Å²) in [5, 5.41) is 14.1. The summed E-state index contributed by atoms with van der Waals surface area (Å²) in [5.74, 6) is 0.0909. The lowest BCUT2D eigenvalue weighted by Gasteiger charge is -2.16. The van der Waals surface area contributed by atoms with Gasteiger partial charge in [0.25, 0.3) is 0 Å². The van der Waals surface area contributed by atoms with Gasteiger partial charge in [-0.25, -0.2) is 4.79 Å². The Morgan fingerprint density at radius 3 is 3.00 bits per heavy atom. The zero-order valence-corrected chi connectivity index (χ0v) is 13.2. The fourth-order valence-corrected chi connectivity index (χ4v) is 2.84. The van der Waals surface area contributed by atoms with Crippen LogP contribution in [0.25, 0.3) is 11.0 Å². The number of carbonyl (C=O) groups is 2. The molecule has 1 aromatic carbocycles. The highest BCUT2D eigenvalue weighted by molar-refractivity contribution is 5.98. The van der Waals surface area contributed by atoms with Gasteiger partial charge in [-0.3, -0.25) is 4.79 Å². The molecule has 8 heteroatoms. The summed E-state index contributed by atoms with van der Waals surface area (Å²) in [6, 6.07) is 4.94. The van der Waals surface area contributed by atoms with Crippen LogP contribution in [0, 0.1) is 0 Å². The Hall–Kier alpha value is -2.64. The third kappa shape index (κ3) is 3.25. The van der Waals surface area contributed by atoms with Crippen molar-refractivity contribution in [2.75, 3.05) is 18.4 Å². The first-order valence-corrected chi connectivity index (χ1v) is 7.72. The van der Waals surface area contributed by atoms with Gasteiger partial charge in [-0.05, 0) is 18.6 Å². The lowest BCUT2D eigenvalue weighted by Crippen LogP contribution is -2.39. The molecule has 2 N–H and O–H groups in total. The van der Waals surface area contributed by atoms with Gasteiger partial charge in [0, 0.05) is 26.6 Å². The molecular formula is C15H20N6O2. The Bertz CT molecular complexity index is 741. The molecule has 1 aliphatic heterocycles. The van der Waals surface area contributed by atoms with E-state index < -0.39 is 0 Å². The monoisotopic (exact) mass is 316 g/mol. The number of benzene rings is 1. The Morgan fingerprint density at radius 1 is 1.39 bits per heavy atom.